The van der Waals surface area contributed by atoms with Gasteiger partial charge >= 0.3 is 0 Å². The Bertz CT molecular complexity index is 870. The predicted molar refractivity (Wildman–Crippen MR) is 106 cm³/mol. The minimum Gasteiger partial charge on any atom is -0.341 e. The van der Waals surface area contributed by atoms with Crippen molar-refractivity contribution in [1.29, 1.82) is 0 Å². The van der Waals surface area contributed by atoms with Crippen molar-refractivity contribution >= 4 is 15.9 Å². The zero-order valence-electron chi connectivity index (χ0n) is 17.2. The number of carbonyl (C=O) groups is 1. The minimum absolute atomic E-state index is 0.0461. The highest BCUT2D eigenvalue weighted by molar-refractivity contribution is 7.89. The predicted octanol–water partition coefficient (Wildman–Crippen LogP) is 2.31. The molecule has 2 aliphatic rings. The van der Waals surface area contributed by atoms with E-state index in [0.717, 1.165) is 25.0 Å². The first-order valence-corrected chi connectivity index (χ1v) is 11.5. The van der Waals surface area contributed by atoms with Gasteiger partial charge in [-0.15, -0.1) is 0 Å². The van der Waals surface area contributed by atoms with Gasteiger partial charge < -0.3 is 4.90 Å². The summed E-state index contributed by atoms with van der Waals surface area (Å²) >= 11 is 0. The Morgan fingerprint density at radius 3 is 2.34 bits per heavy atom. The van der Waals surface area contributed by atoms with Crippen LogP contribution in [0.1, 0.15) is 33.6 Å². The van der Waals surface area contributed by atoms with Crippen molar-refractivity contribution in [3.63, 3.8) is 0 Å². The molecular weight excluding hydrogens is 400 g/mol. The number of benzene rings is 1. The molecule has 9 heteroatoms. The SMILES string of the molecule is CC[C@]1(N2CCN(S(=O)(=O)c3ccc(F)cc3F)CC2)CCN(C(=O)C(C)C)C1. The lowest BCUT2D eigenvalue weighted by Gasteiger charge is -2.45. The highest BCUT2D eigenvalue weighted by atomic mass is 32.2. The maximum absolute atomic E-state index is 14.0. The zero-order chi connectivity index (χ0) is 21.4. The summed E-state index contributed by atoms with van der Waals surface area (Å²) in [6.07, 6.45) is 1.73. The van der Waals surface area contributed by atoms with Crippen LogP contribution in [-0.2, 0) is 14.8 Å². The lowest BCUT2D eigenvalue weighted by molar-refractivity contribution is -0.134. The number of nitrogens with zero attached hydrogens (tertiary/aromatic N) is 3. The second-order valence-electron chi connectivity index (χ2n) is 8.21. The van der Waals surface area contributed by atoms with Crippen LogP contribution in [0.25, 0.3) is 0 Å². The van der Waals surface area contributed by atoms with Crippen LogP contribution in [0.5, 0.6) is 0 Å². The summed E-state index contributed by atoms with van der Waals surface area (Å²) in [5.74, 6) is -1.78. The number of carbonyl (C=O) groups excluding carboxylic acids is 1. The van der Waals surface area contributed by atoms with E-state index in [-0.39, 0.29) is 30.5 Å². The third kappa shape index (κ3) is 4.18. The van der Waals surface area contributed by atoms with Crippen molar-refractivity contribution in [2.45, 2.75) is 44.0 Å². The molecule has 6 nitrogen and oxygen atoms in total. The van der Waals surface area contributed by atoms with E-state index in [2.05, 4.69) is 11.8 Å². The fourth-order valence-corrected chi connectivity index (χ4v) is 5.87. The maximum Gasteiger partial charge on any atom is 0.246 e. The van der Waals surface area contributed by atoms with Crippen LogP contribution in [0.2, 0.25) is 0 Å². The first-order valence-electron chi connectivity index (χ1n) is 10.1. The number of rotatable bonds is 5. The first kappa shape index (κ1) is 22.1. The van der Waals surface area contributed by atoms with Gasteiger partial charge in [0.2, 0.25) is 15.9 Å². The molecule has 1 aromatic rings. The van der Waals surface area contributed by atoms with E-state index in [1.165, 1.54) is 4.31 Å². The molecule has 1 aromatic carbocycles. The molecule has 1 atom stereocenters. The molecule has 2 saturated heterocycles. The van der Waals surface area contributed by atoms with E-state index in [1.807, 2.05) is 18.7 Å². The molecule has 0 saturated carbocycles. The highest BCUT2D eigenvalue weighted by Gasteiger charge is 2.45. The largest absolute Gasteiger partial charge is 0.341 e. The molecule has 2 heterocycles. The number of likely N-dealkylation sites (tertiary alicyclic amines) is 1. The number of sulfonamides is 1. The standard InChI is InChI=1S/C20H29F2N3O3S/c1-4-20(7-8-23(14-20)19(26)15(2)3)24-9-11-25(12-10-24)29(27,28)18-6-5-16(21)13-17(18)22/h5-6,13,15H,4,7-12,14H2,1-3H3/t20-/m0/s1. The monoisotopic (exact) mass is 429 g/mol. The molecule has 0 unspecified atom stereocenters. The van der Waals surface area contributed by atoms with Crippen LogP contribution >= 0.6 is 0 Å². The molecule has 29 heavy (non-hydrogen) atoms. The number of piperazine rings is 1. The number of halogens is 2. The molecule has 3 rings (SSSR count). The van der Waals surface area contributed by atoms with Gasteiger partial charge in [-0.05, 0) is 25.0 Å². The molecule has 2 fully saturated rings. The maximum atomic E-state index is 14.0. The summed E-state index contributed by atoms with van der Waals surface area (Å²) in [5.41, 5.74) is -0.151. The van der Waals surface area contributed by atoms with Gasteiger partial charge in [0.25, 0.3) is 0 Å². The second-order valence-corrected chi connectivity index (χ2v) is 10.1. The van der Waals surface area contributed by atoms with Gasteiger partial charge in [-0.1, -0.05) is 20.8 Å². The average molecular weight is 430 g/mol. The molecule has 2 aliphatic heterocycles. The van der Waals surface area contributed by atoms with Crippen LogP contribution in [0.4, 0.5) is 8.78 Å². The molecule has 0 N–H and O–H groups in total. The van der Waals surface area contributed by atoms with Crippen LogP contribution < -0.4 is 0 Å². The molecule has 0 aliphatic carbocycles. The molecular formula is C20H29F2N3O3S. The van der Waals surface area contributed by atoms with E-state index < -0.39 is 26.6 Å². The Kier molecular flexibility index (Phi) is 6.31. The van der Waals surface area contributed by atoms with Gasteiger partial charge in [-0.2, -0.15) is 4.31 Å². The van der Waals surface area contributed by atoms with Crippen LogP contribution in [0.15, 0.2) is 23.1 Å². The fourth-order valence-electron chi connectivity index (χ4n) is 4.41. The highest BCUT2D eigenvalue weighted by Crippen LogP contribution is 2.33. The quantitative estimate of drug-likeness (QED) is 0.721. The van der Waals surface area contributed by atoms with E-state index in [9.17, 15) is 22.0 Å². The van der Waals surface area contributed by atoms with Gasteiger partial charge in [0.15, 0.2) is 0 Å². The van der Waals surface area contributed by atoms with E-state index >= 15 is 0 Å². The summed E-state index contributed by atoms with van der Waals surface area (Å²) in [5, 5.41) is 0. The van der Waals surface area contributed by atoms with Crippen molar-refractivity contribution in [2.24, 2.45) is 5.92 Å². The van der Waals surface area contributed by atoms with Gasteiger partial charge in [-0.3, -0.25) is 9.69 Å². The normalized spacial score (nSPS) is 24.4. The van der Waals surface area contributed by atoms with Crippen LogP contribution in [0, 0.1) is 17.6 Å². The van der Waals surface area contributed by atoms with Crippen molar-refractivity contribution < 1.29 is 22.0 Å². The molecule has 162 valence electrons. The fraction of sp³-hybridized carbons (Fsp3) is 0.650. The molecule has 0 aromatic heterocycles. The Labute approximate surface area is 171 Å². The average Bonchev–Trinajstić information content (AvgIpc) is 3.13. The number of hydrogen-bond donors (Lipinski definition) is 0. The number of amides is 1. The molecule has 1 amide bonds. The van der Waals surface area contributed by atoms with Crippen LogP contribution in [-0.4, -0.2) is 73.2 Å². The summed E-state index contributed by atoms with van der Waals surface area (Å²) in [6, 6.07) is 2.53. The van der Waals surface area contributed by atoms with Gasteiger partial charge in [0.05, 0.1) is 0 Å². The lowest BCUT2D eigenvalue weighted by atomic mass is 9.92. The van der Waals surface area contributed by atoms with Crippen molar-refractivity contribution in [3.8, 4) is 0 Å². The Morgan fingerprint density at radius 1 is 1.14 bits per heavy atom. The summed E-state index contributed by atoms with van der Waals surface area (Å²) in [7, 11) is -4.02. The molecule has 0 spiro atoms. The van der Waals surface area contributed by atoms with Gasteiger partial charge in [-0.25, -0.2) is 17.2 Å². The van der Waals surface area contributed by atoms with E-state index in [1.54, 1.807) is 0 Å². The van der Waals surface area contributed by atoms with Crippen molar-refractivity contribution in [2.75, 3.05) is 39.3 Å². The lowest BCUT2D eigenvalue weighted by Crippen LogP contribution is -2.59. The molecule has 0 radical (unpaired) electrons. The van der Waals surface area contributed by atoms with Gasteiger partial charge in [0, 0.05) is 56.8 Å². The van der Waals surface area contributed by atoms with Crippen LogP contribution in [0.3, 0.4) is 0 Å². The third-order valence-electron chi connectivity index (χ3n) is 6.22. The zero-order valence-corrected chi connectivity index (χ0v) is 18.0. The topological polar surface area (TPSA) is 60.9 Å². The molecule has 0 bridgehead atoms. The van der Waals surface area contributed by atoms with E-state index in [0.29, 0.717) is 32.2 Å². The Morgan fingerprint density at radius 2 is 1.79 bits per heavy atom. The number of hydrogen-bond acceptors (Lipinski definition) is 4. The second kappa shape index (κ2) is 8.28. The van der Waals surface area contributed by atoms with Crippen molar-refractivity contribution in [1.82, 2.24) is 14.1 Å². The summed E-state index contributed by atoms with van der Waals surface area (Å²) in [4.78, 5) is 16.1. The first-order chi connectivity index (χ1) is 13.6. The van der Waals surface area contributed by atoms with E-state index in [4.69, 9.17) is 0 Å². The minimum atomic E-state index is -4.02. The smallest absolute Gasteiger partial charge is 0.246 e. The van der Waals surface area contributed by atoms with Crippen molar-refractivity contribution in [3.05, 3.63) is 29.8 Å². The summed E-state index contributed by atoms with van der Waals surface area (Å²) < 4.78 is 54.0. The summed E-state index contributed by atoms with van der Waals surface area (Å²) in [6.45, 7) is 8.75. The van der Waals surface area contributed by atoms with Gasteiger partial charge in [0.1, 0.15) is 16.5 Å². The Hall–Kier alpha value is -1.58. The third-order valence-corrected chi connectivity index (χ3v) is 8.15. The Balaban J connectivity index is 1.70.